The summed E-state index contributed by atoms with van der Waals surface area (Å²) in [6.45, 7) is 7.30. The fourth-order valence-corrected chi connectivity index (χ4v) is 5.07. The van der Waals surface area contributed by atoms with E-state index in [0.29, 0.717) is 5.35 Å². The summed E-state index contributed by atoms with van der Waals surface area (Å²) < 4.78 is 27.3. The van der Waals surface area contributed by atoms with Gasteiger partial charge in [0.15, 0.2) is 0 Å². The fraction of sp³-hybridized carbons (Fsp3) is 0.421. The minimum absolute atomic E-state index is 0.289. The molecule has 0 atom stereocenters. The van der Waals surface area contributed by atoms with Crippen LogP contribution in [0, 0.1) is 0 Å². The lowest BCUT2D eigenvalue weighted by molar-refractivity contribution is 0.179. The highest BCUT2D eigenvalue weighted by Gasteiger charge is 2.23. The Balaban J connectivity index is 1.76. The van der Waals surface area contributed by atoms with Crippen LogP contribution in [0.3, 0.4) is 0 Å². The molecule has 4 rings (SSSR count). The summed E-state index contributed by atoms with van der Waals surface area (Å²) in [5.74, 6) is 0. The third-order valence-corrected chi connectivity index (χ3v) is 6.94. The van der Waals surface area contributed by atoms with Crippen LogP contribution >= 0.6 is 0 Å². The molecule has 2 heterocycles. The second-order valence-corrected chi connectivity index (χ2v) is 8.52. The Hall–Kier alpha value is -2.12. The Morgan fingerprint density at radius 2 is 1.81 bits per heavy atom. The van der Waals surface area contributed by atoms with Crippen LogP contribution in [0.5, 0.6) is 0 Å². The Kier molecular flexibility index (Phi) is 4.58. The topological polar surface area (TPSA) is 58.4 Å². The molecule has 0 N–H and O–H groups in total. The maximum atomic E-state index is 13.0. The second kappa shape index (κ2) is 6.89. The fourth-order valence-electron chi connectivity index (χ4n) is 3.76. The largest absolute Gasteiger partial charge is 0.370 e. The van der Waals surface area contributed by atoms with Crippen LogP contribution in [-0.4, -0.2) is 59.9 Å². The van der Waals surface area contributed by atoms with E-state index in [4.69, 9.17) is 0 Å². The van der Waals surface area contributed by atoms with Crippen molar-refractivity contribution in [2.45, 2.75) is 24.7 Å². The van der Waals surface area contributed by atoms with Crippen molar-refractivity contribution in [1.82, 2.24) is 18.8 Å². The SMILES string of the molecule is CCN1CCN(C2=c3ncn(S(=O)(=O)c4ccccc4)c3=CCC2)CC1. The van der Waals surface area contributed by atoms with Gasteiger partial charge in [0.2, 0.25) is 0 Å². The maximum Gasteiger partial charge on any atom is 0.269 e. The molecule has 0 saturated carbocycles. The van der Waals surface area contributed by atoms with E-state index < -0.39 is 10.0 Å². The number of likely N-dealkylation sites (N-methyl/N-ethyl adjacent to an activating group) is 1. The molecule has 1 aromatic heterocycles. The maximum absolute atomic E-state index is 13.0. The molecule has 0 spiro atoms. The average molecular weight is 372 g/mol. The first-order chi connectivity index (χ1) is 12.6. The smallest absolute Gasteiger partial charge is 0.269 e. The lowest BCUT2D eigenvalue weighted by Crippen LogP contribution is -2.48. The van der Waals surface area contributed by atoms with Gasteiger partial charge in [-0.3, -0.25) is 0 Å². The number of hydrogen-bond acceptors (Lipinski definition) is 5. The monoisotopic (exact) mass is 372 g/mol. The normalized spacial score (nSPS) is 18.5. The van der Waals surface area contributed by atoms with E-state index in [1.165, 1.54) is 16.0 Å². The van der Waals surface area contributed by atoms with Crippen LogP contribution in [0.15, 0.2) is 41.6 Å². The molecule has 6 nitrogen and oxygen atoms in total. The van der Waals surface area contributed by atoms with E-state index in [0.717, 1.165) is 50.9 Å². The van der Waals surface area contributed by atoms with Gasteiger partial charge in [-0.25, -0.2) is 17.4 Å². The number of benzene rings is 1. The molecular weight excluding hydrogens is 348 g/mol. The molecule has 1 fully saturated rings. The molecule has 7 heteroatoms. The third kappa shape index (κ3) is 2.95. The van der Waals surface area contributed by atoms with Crippen LogP contribution in [0.2, 0.25) is 0 Å². The van der Waals surface area contributed by atoms with Gasteiger partial charge in [0.1, 0.15) is 11.7 Å². The zero-order chi connectivity index (χ0) is 18.1. The van der Waals surface area contributed by atoms with Crippen molar-refractivity contribution in [3.8, 4) is 0 Å². The van der Waals surface area contributed by atoms with Gasteiger partial charge in [-0.05, 0) is 31.5 Å². The van der Waals surface area contributed by atoms with Crippen molar-refractivity contribution in [1.29, 1.82) is 0 Å². The zero-order valence-electron chi connectivity index (χ0n) is 15.0. The quantitative estimate of drug-likeness (QED) is 0.780. The number of imidazole rings is 1. The van der Waals surface area contributed by atoms with Crippen LogP contribution in [0.4, 0.5) is 0 Å². The highest BCUT2D eigenvalue weighted by atomic mass is 32.2. The second-order valence-electron chi connectivity index (χ2n) is 6.70. The van der Waals surface area contributed by atoms with Crippen LogP contribution in [0.1, 0.15) is 19.8 Å². The molecule has 26 heavy (non-hydrogen) atoms. The molecule has 2 aliphatic rings. The molecular formula is C19H24N4O2S. The van der Waals surface area contributed by atoms with Gasteiger partial charge >= 0.3 is 0 Å². The summed E-state index contributed by atoms with van der Waals surface area (Å²) in [6, 6.07) is 8.55. The Labute approximate surface area is 154 Å². The minimum atomic E-state index is -3.62. The molecule has 2 aromatic rings. The van der Waals surface area contributed by atoms with Crippen molar-refractivity contribution >= 4 is 21.8 Å². The molecule has 0 radical (unpaired) electrons. The molecule has 1 saturated heterocycles. The summed E-state index contributed by atoms with van der Waals surface area (Å²) in [7, 11) is -3.62. The summed E-state index contributed by atoms with van der Waals surface area (Å²) >= 11 is 0. The molecule has 0 unspecified atom stereocenters. The van der Waals surface area contributed by atoms with Gasteiger partial charge in [-0.2, -0.15) is 0 Å². The highest BCUT2D eigenvalue weighted by molar-refractivity contribution is 7.90. The lowest BCUT2D eigenvalue weighted by Gasteiger charge is -2.37. The number of aromatic nitrogens is 2. The first-order valence-electron chi connectivity index (χ1n) is 9.16. The standard InChI is InChI=1S/C19H24N4O2S/c1-2-21-11-13-22(14-12-21)17-9-6-10-18-19(17)20-15-23(18)26(24,25)16-7-4-3-5-8-16/h3-5,7-8,10,15H,2,6,9,11-14H2,1H3. The highest BCUT2D eigenvalue weighted by Crippen LogP contribution is 2.17. The molecule has 138 valence electrons. The molecule has 0 amide bonds. The number of hydrogen-bond donors (Lipinski definition) is 0. The molecule has 1 aliphatic carbocycles. The Bertz CT molecular complexity index is 1000. The van der Waals surface area contributed by atoms with Gasteiger partial charge in [-0.15, -0.1) is 0 Å². The van der Waals surface area contributed by atoms with E-state index in [2.05, 4.69) is 21.7 Å². The average Bonchev–Trinajstić information content (AvgIpc) is 3.14. The third-order valence-electron chi connectivity index (χ3n) is 5.27. The number of rotatable bonds is 4. The Morgan fingerprint density at radius 1 is 1.08 bits per heavy atom. The van der Waals surface area contributed by atoms with Gasteiger partial charge in [0.05, 0.1) is 10.2 Å². The summed E-state index contributed by atoms with van der Waals surface area (Å²) in [5.41, 5.74) is 1.18. The number of piperazine rings is 1. The van der Waals surface area contributed by atoms with Gasteiger partial charge in [-0.1, -0.05) is 31.2 Å². The minimum Gasteiger partial charge on any atom is -0.370 e. The van der Waals surface area contributed by atoms with Gasteiger partial charge < -0.3 is 9.80 Å². The van der Waals surface area contributed by atoms with Crippen molar-refractivity contribution in [2.75, 3.05) is 32.7 Å². The van der Waals surface area contributed by atoms with E-state index in [1.54, 1.807) is 24.3 Å². The van der Waals surface area contributed by atoms with Crippen molar-refractivity contribution in [3.63, 3.8) is 0 Å². The number of nitrogens with zero attached hydrogens (tertiary/aromatic N) is 4. The first kappa shape index (κ1) is 17.3. The van der Waals surface area contributed by atoms with Crippen LogP contribution in [0.25, 0.3) is 11.8 Å². The zero-order valence-corrected chi connectivity index (χ0v) is 15.8. The van der Waals surface area contributed by atoms with Crippen LogP contribution in [-0.2, 0) is 10.0 Å². The van der Waals surface area contributed by atoms with Crippen molar-refractivity contribution < 1.29 is 8.42 Å². The van der Waals surface area contributed by atoms with Crippen molar-refractivity contribution in [3.05, 3.63) is 47.4 Å². The predicted molar refractivity (Wildman–Crippen MR) is 101 cm³/mol. The van der Waals surface area contributed by atoms with E-state index >= 15 is 0 Å². The van der Waals surface area contributed by atoms with Crippen molar-refractivity contribution in [2.24, 2.45) is 0 Å². The van der Waals surface area contributed by atoms with E-state index in [1.807, 2.05) is 12.1 Å². The first-order valence-corrected chi connectivity index (χ1v) is 10.6. The number of fused-ring (bicyclic) bond motifs is 1. The van der Waals surface area contributed by atoms with E-state index in [-0.39, 0.29) is 4.90 Å². The predicted octanol–water partition coefficient (Wildman–Crippen LogP) is 0.440. The molecule has 0 bridgehead atoms. The summed E-state index contributed by atoms with van der Waals surface area (Å²) in [5, 5.41) is 1.52. The Morgan fingerprint density at radius 3 is 2.50 bits per heavy atom. The summed E-state index contributed by atoms with van der Waals surface area (Å²) in [4.78, 5) is 9.61. The van der Waals surface area contributed by atoms with Crippen LogP contribution < -0.4 is 10.7 Å². The van der Waals surface area contributed by atoms with Gasteiger partial charge in [0.25, 0.3) is 10.0 Å². The molecule has 1 aromatic carbocycles. The lowest BCUT2D eigenvalue weighted by atomic mass is 10.1. The molecule has 1 aliphatic heterocycles. The summed E-state index contributed by atoms with van der Waals surface area (Å²) in [6.07, 6.45) is 5.21. The van der Waals surface area contributed by atoms with E-state index in [9.17, 15) is 8.42 Å². The van der Waals surface area contributed by atoms with Gasteiger partial charge in [0, 0.05) is 31.9 Å².